The van der Waals surface area contributed by atoms with Crippen LogP contribution in [0.1, 0.15) is 41.7 Å². The first-order valence-electron chi connectivity index (χ1n) is 12.2. The molecule has 0 saturated heterocycles. The molecule has 5 aromatic rings. The SMILES string of the molecule is Cc1cc(-c2n[nH]c3ccc(C(=O)N[C@@H]4CCC[C@@](O)(Cn5cnc6cccnc65)C4)cc23)ccn1. The van der Waals surface area contributed by atoms with Crippen LogP contribution in [0.3, 0.4) is 0 Å². The highest BCUT2D eigenvalue weighted by atomic mass is 16.3. The molecule has 1 aromatic carbocycles. The molecule has 4 aromatic heterocycles. The summed E-state index contributed by atoms with van der Waals surface area (Å²) in [6.45, 7) is 2.33. The molecule has 9 nitrogen and oxygen atoms in total. The fourth-order valence-electron chi connectivity index (χ4n) is 5.27. The van der Waals surface area contributed by atoms with Crippen molar-refractivity contribution in [2.45, 2.75) is 50.8 Å². The van der Waals surface area contributed by atoms with Gasteiger partial charge in [-0.1, -0.05) is 0 Å². The number of carbonyl (C=O) groups excluding carboxylic acids is 1. The van der Waals surface area contributed by atoms with E-state index >= 15 is 0 Å². The molecule has 0 spiro atoms. The second-order valence-corrected chi connectivity index (χ2v) is 9.73. The number of pyridine rings is 2. The van der Waals surface area contributed by atoms with E-state index in [1.165, 1.54) is 0 Å². The summed E-state index contributed by atoms with van der Waals surface area (Å²) in [5.41, 5.74) is 4.69. The predicted octanol–water partition coefficient (Wildman–Crippen LogP) is 3.78. The van der Waals surface area contributed by atoms with Crippen molar-refractivity contribution < 1.29 is 9.90 Å². The molecular weight excluding hydrogens is 454 g/mol. The molecule has 0 radical (unpaired) electrons. The van der Waals surface area contributed by atoms with E-state index in [9.17, 15) is 9.90 Å². The third-order valence-corrected chi connectivity index (χ3v) is 6.99. The summed E-state index contributed by atoms with van der Waals surface area (Å²) in [6, 6.07) is 13.1. The maximum Gasteiger partial charge on any atom is 0.251 e. The second kappa shape index (κ2) is 8.83. The minimum absolute atomic E-state index is 0.124. The number of nitrogens with one attached hydrogen (secondary N) is 2. The van der Waals surface area contributed by atoms with E-state index in [0.717, 1.165) is 51.9 Å². The molecule has 9 heteroatoms. The number of imidazole rings is 1. The molecule has 6 rings (SSSR count). The summed E-state index contributed by atoms with van der Waals surface area (Å²) in [5.74, 6) is -0.154. The molecule has 0 bridgehead atoms. The number of hydrogen-bond acceptors (Lipinski definition) is 6. The van der Waals surface area contributed by atoms with Crippen LogP contribution in [0.2, 0.25) is 0 Å². The van der Waals surface area contributed by atoms with Gasteiger partial charge in [0.25, 0.3) is 5.91 Å². The minimum atomic E-state index is -0.942. The highest BCUT2D eigenvalue weighted by Gasteiger charge is 2.36. The fraction of sp³-hybridized carbons (Fsp3) is 0.296. The Labute approximate surface area is 207 Å². The zero-order chi connectivity index (χ0) is 24.7. The number of rotatable bonds is 5. The minimum Gasteiger partial charge on any atom is -0.388 e. The van der Waals surface area contributed by atoms with Crippen LogP contribution in [0.4, 0.5) is 0 Å². The van der Waals surface area contributed by atoms with E-state index in [1.54, 1.807) is 24.8 Å². The number of nitrogens with zero attached hydrogens (tertiary/aromatic N) is 5. The van der Waals surface area contributed by atoms with Crippen LogP contribution in [0.15, 0.2) is 61.2 Å². The number of aromatic nitrogens is 6. The van der Waals surface area contributed by atoms with E-state index in [0.29, 0.717) is 24.9 Å². The third-order valence-electron chi connectivity index (χ3n) is 6.99. The second-order valence-electron chi connectivity index (χ2n) is 9.73. The van der Waals surface area contributed by atoms with Gasteiger partial charge in [-0.3, -0.25) is 14.9 Å². The molecule has 1 amide bonds. The van der Waals surface area contributed by atoms with Gasteiger partial charge in [0, 0.05) is 40.6 Å². The molecule has 3 N–H and O–H groups in total. The maximum absolute atomic E-state index is 13.2. The van der Waals surface area contributed by atoms with Gasteiger partial charge in [-0.25, -0.2) is 9.97 Å². The van der Waals surface area contributed by atoms with Gasteiger partial charge < -0.3 is 15.0 Å². The van der Waals surface area contributed by atoms with Crippen molar-refractivity contribution in [2.24, 2.45) is 0 Å². The van der Waals surface area contributed by atoms with Crippen LogP contribution in [0.25, 0.3) is 33.3 Å². The number of aliphatic hydroxyl groups is 1. The molecule has 0 unspecified atom stereocenters. The summed E-state index contributed by atoms with van der Waals surface area (Å²) in [4.78, 5) is 26.3. The lowest BCUT2D eigenvalue weighted by Crippen LogP contribution is -2.47. The topological polar surface area (TPSA) is 122 Å². The zero-order valence-corrected chi connectivity index (χ0v) is 20.0. The Kier molecular flexibility index (Phi) is 5.49. The van der Waals surface area contributed by atoms with E-state index in [1.807, 2.05) is 47.9 Å². The lowest BCUT2D eigenvalue weighted by atomic mass is 9.81. The van der Waals surface area contributed by atoms with Crippen LogP contribution >= 0.6 is 0 Å². The van der Waals surface area contributed by atoms with Crippen molar-refractivity contribution in [3.05, 3.63) is 72.4 Å². The van der Waals surface area contributed by atoms with Crippen LogP contribution in [-0.4, -0.2) is 52.4 Å². The number of aryl methyl sites for hydroxylation is 1. The van der Waals surface area contributed by atoms with Crippen LogP contribution in [0, 0.1) is 6.92 Å². The lowest BCUT2D eigenvalue weighted by molar-refractivity contribution is -0.0204. The van der Waals surface area contributed by atoms with Crippen molar-refractivity contribution in [2.75, 3.05) is 0 Å². The summed E-state index contributed by atoms with van der Waals surface area (Å²) >= 11 is 0. The zero-order valence-electron chi connectivity index (χ0n) is 20.0. The Morgan fingerprint density at radius 1 is 1.19 bits per heavy atom. The first-order valence-corrected chi connectivity index (χ1v) is 12.2. The molecule has 1 fully saturated rings. The van der Waals surface area contributed by atoms with Crippen molar-refractivity contribution in [3.8, 4) is 11.3 Å². The average Bonchev–Trinajstić information content (AvgIpc) is 3.48. The van der Waals surface area contributed by atoms with Gasteiger partial charge >= 0.3 is 0 Å². The van der Waals surface area contributed by atoms with E-state index in [4.69, 9.17) is 0 Å². The number of H-pyrrole nitrogens is 1. The largest absolute Gasteiger partial charge is 0.388 e. The Morgan fingerprint density at radius 3 is 3.00 bits per heavy atom. The predicted molar refractivity (Wildman–Crippen MR) is 136 cm³/mol. The van der Waals surface area contributed by atoms with E-state index in [2.05, 4.69) is 30.5 Å². The number of carbonyl (C=O) groups is 1. The number of fused-ring (bicyclic) bond motifs is 2. The smallest absolute Gasteiger partial charge is 0.251 e. The van der Waals surface area contributed by atoms with Gasteiger partial charge in [0.15, 0.2) is 5.65 Å². The molecule has 1 aliphatic rings. The summed E-state index contributed by atoms with van der Waals surface area (Å²) in [7, 11) is 0. The average molecular weight is 482 g/mol. The van der Waals surface area contributed by atoms with Crippen LogP contribution in [0.5, 0.6) is 0 Å². The summed E-state index contributed by atoms with van der Waals surface area (Å²) < 4.78 is 1.90. The van der Waals surface area contributed by atoms with Crippen LogP contribution < -0.4 is 5.32 Å². The Morgan fingerprint density at radius 2 is 2.11 bits per heavy atom. The monoisotopic (exact) mass is 481 g/mol. The fourth-order valence-corrected chi connectivity index (χ4v) is 5.27. The molecule has 1 aliphatic carbocycles. The van der Waals surface area contributed by atoms with Gasteiger partial charge in [0.2, 0.25) is 0 Å². The molecule has 1 saturated carbocycles. The molecule has 4 heterocycles. The van der Waals surface area contributed by atoms with Crippen molar-refractivity contribution in [3.63, 3.8) is 0 Å². The van der Waals surface area contributed by atoms with Gasteiger partial charge in [-0.2, -0.15) is 5.10 Å². The Hall–Kier alpha value is -4.11. The van der Waals surface area contributed by atoms with Crippen molar-refractivity contribution in [1.29, 1.82) is 0 Å². The molecule has 0 aliphatic heterocycles. The summed E-state index contributed by atoms with van der Waals surface area (Å²) in [5, 5.41) is 23.0. The highest BCUT2D eigenvalue weighted by Crippen LogP contribution is 2.32. The molecular formula is C27H27N7O2. The normalized spacial score (nSPS) is 20.1. The lowest BCUT2D eigenvalue weighted by Gasteiger charge is -2.37. The molecule has 182 valence electrons. The van der Waals surface area contributed by atoms with E-state index in [-0.39, 0.29) is 11.9 Å². The number of benzene rings is 1. The highest BCUT2D eigenvalue weighted by molar-refractivity contribution is 6.01. The van der Waals surface area contributed by atoms with Crippen molar-refractivity contribution >= 4 is 28.0 Å². The van der Waals surface area contributed by atoms with Gasteiger partial charge in [-0.15, -0.1) is 0 Å². The first-order chi connectivity index (χ1) is 17.5. The Bertz CT molecular complexity index is 1570. The first kappa shape index (κ1) is 22.4. The quantitative estimate of drug-likeness (QED) is 0.351. The maximum atomic E-state index is 13.2. The van der Waals surface area contributed by atoms with Crippen molar-refractivity contribution in [1.82, 2.24) is 35.0 Å². The number of aromatic amines is 1. The number of hydrogen-bond donors (Lipinski definition) is 3. The van der Waals surface area contributed by atoms with E-state index < -0.39 is 5.60 Å². The molecule has 2 atom stereocenters. The summed E-state index contributed by atoms with van der Waals surface area (Å²) in [6.07, 6.45) is 8.00. The molecule has 36 heavy (non-hydrogen) atoms. The van der Waals surface area contributed by atoms with Gasteiger partial charge in [-0.05, 0) is 75.1 Å². The Balaban J connectivity index is 1.20. The van der Waals surface area contributed by atoms with Crippen LogP contribution in [-0.2, 0) is 6.54 Å². The number of amides is 1. The third kappa shape index (κ3) is 4.22. The van der Waals surface area contributed by atoms with Gasteiger partial charge in [0.1, 0.15) is 11.2 Å². The standard InChI is InChI=1S/C27H27N7O2/c1-17-12-18(8-11-28-17)24-21-13-19(6-7-22(21)32-33-24)26(35)31-20-4-2-9-27(36,14-20)15-34-16-30-23-5-3-10-29-25(23)34/h3,5-8,10-13,16,20,36H,2,4,9,14-15H2,1H3,(H,31,35)(H,32,33)/t20-,27+/m1/s1. The van der Waals surface area contributed by atoms with Gasteiger partial charge in [0.05, 0.1) is 24.0 Å².